The van der Waals surface area contributed by atoms with Crippen LogP contribution < -0.4 is 10.9 Å². The highest BCUT2D eigenvalue weighted by Gasteiger charge is 2.45. The molecule has 2 N–H and O–H groups in total. The number of carbonyl (C=O) groups excluding carboxylic acids is 2. The number of nitrogens with one attached hydrogen (secondary N) is 1. The molecule has 0 radical (unpaired) electrons. The maximum absolute atomic E-state index is 13.7. The summed E-state index contributed by atoms with van der Waals surface area (Å²) in [4.78, 5) is 44.0. The Morgan fingerprint density at radius 2 is 1.88 bits per heavy atom. The van der Waals surface area contributed by atoms with Gasteiger partial charge in [-0.1, -0.05) is 62.4 Å². The predicted molar refractivity (Wildman–Crippen MR) is 147 cm³/mol. The minimum Gasteiger partial charge on any atom is -0.458 e. The molecule has 1 amide bonds. The summed E-state index contributed by atoms with van der Waals surface area (Å²) >= 11 is 0. The second-order valence-corrected chi connectivity index (χ2v) is 10.1. The number of pyridine rings is 2. The van der Waals surface area contributed by atoms with E-state index >= 15 is 0 Å². The number of hydrogen-bond donors (Lipinski definition) is 2. The van der Waals surface area contributed by atoms with Crippen molar-refractivity contribution in [1.82, 2.24) is 14.9 Å². The second kappa shape index (κ2) is 9.91. The van der Waals surface area contributed by atoms with Crippen molar-refractivity contribution in [3.05, 3.63) is 98.8 Å². The Kier molecular flexibility index (Phi) is 6.38. The molecule has 6 rings (SSSR count). The number of aromatic nitrogens is 2. The standard InChI is InChI=1S/C31H29N3O6/c1-3-23(33-30(37)40-16-18-10-6-5-7-11-18)26-19-12-8-9-13-24(19)32-27-20(26)15-34-25(27)14-22-21(28(34)35)17-39-29(36)31(22,38)4-2/h5-14,23,38H,3-4,15-17H2,1-2H3,(H,33,37)/t23-,31-/m0/s1. The second-order valence-electron chi connectivity index (χ2n) is 10.1. The lowest BCUT2D eigenvalue weighted by Gasteiger charge is -2.31. The van der Waals surface area contributed by atoms with Gasteiger partial charge in [-0.25, -0.2) is 14.6 Å². The van der Waals surface area contributed by atoms with E-state index in [9.17, 15) is 19.5 Å². The van der Waals surface area contributed by atoms with Gasteiger partial charge in [-0.2, -0.15) is 0 Å². The fraction of sp³-hybridized carbons (Fsp3) is 0.290. The molecule has 4 aromatic rings. The van der Waals surface area contributed by atoms with E-state index < -0.39 is 23.7 Å². The number of alkyl carbamates (subject to hydrolysis) is 1. The van der Waals surface area contributed by atoms with Gasteiger partial charge < -0.3 is 24.5 Å². The molecular formula is C31H29N3O6. The summed E-state index contributed by atoms with van der Waals surface area (Å²) in [7, 11) is 0. The number of ether oxygens (including phenoxy) is 2. The van der Waals surface area contributed by atoms with Crippen molar-refractivity contribution in [3.63, 3.8) is 0 Å². The van der Waals surface area contributed by atoms with E-state index in [4.69, 9.17) is 14.5 Å². The van der Waals surface area contributed by atoms with E-state index in [-0.39, 0.29) is 42.9 Å². The molecule has 0 saturated carbocycles. The zero-order valence-electron chi connectivity index (χ0n) is 22.3. The monoisotopic (exact) mass is 539 g/mol. The third kappa shape index (κ3) is 4.05. The van der Waals surface area contributed by atoms with Crippen molar-refractivity contribution < 1.29 is 24.2 Å². The Balaban J connectivity index is 1.44. The Labute approximate surface area is 230 Å². The molecule has 0 saturated heterocycles. The van der Waals surface area contributed by atoms with Crippen molar-refractivity contribution in [2.75, 3.05) is 0 Å². The first-order chi connectivity index (χ1) is 19.4. The molecule has 0 aliphatic carbocycles. The molecule has 0 spiro atoms. The van der Waals surface area contributed by atoms with Gasteiger partial charge in [0.15, 0.2) is 5.60 Å². The van der Waals surface area contributed by atoms with Gasteiger partial charge in [0.2, 0.25) is 0 Å². The molecular weight excluding hydrogens is 510 g/mol. The fourth-order valence-electron chi connectivity index (χ4n) is 5.74. The van der Waals surface area contributed by atoms with Crippen LogP contribution in [0.5, 0.6) is 0 Å². The molecule has 9 nitrogen and oxygen atoms in total. The van der Waals surface area contributed by atoms with Crippen LogP contribution in [0.25, 0.3) is 22.3 Å². The van der Waals surface area contributed by atoms with Crippen LogP contribution in [0.4, 0.5) is 4.79 Å². The number of fused-ring (bicyclic) bond motifs is 5. The van der Waals surface area contributed by atoms with E-state index in [0.717, 1.165) is 22.1 Å². The molecule has 4 heterocycles. The molecule has 0 unspecified atom stereocenters. The molecule has 204 valence electrons. The maximum atomic E-state index is 13.7. The molecule has 2 atom stereocenters. The summed E-state index contributed by atoms with van der Waals surface area (Å²) in [5, 5.41) is 15.1. The largest absolute Gasteiger partial charge is 0.458 e. The SMILES string of the molecule is CC[C@H](NC(=O)OCc1ccccc1)c1c2c(nc3ccccc13)-c1cc3c(c(=O)n1C2)COC(=O)[C@]3(O)CC. The normalized spacial score (nSPS) is 17.9. The Hall–Kier alpha value is -4.50. The van der Waals surface area contributed by atoms with Gasteiger partial charge in [0.25, 0.3) is 5.56 Å². The van der Waals surface area contributed by atoms with Crippen molar-refractivity contribution in [1.29, 1.82) is 0 Å². The van der Waals surface area contributed by atoms with Crippen LogP contribution in [0.3, 0.4) is 0 Å². The molecule has 0 fully saturated rings. The summed E-state index contributed by atoms with van der Waals surface area (Å²) < 4.78 is 12.3. The number of esters is 1. The molecule has 2 aliphatic rings. The number of aliphatic hydroxyl groups is 1. The van der Waals surface area contributed by atoms with E-state index in [1.165, 1.54) is 0 Å². The van der Waals surface area contributed by atoms with Gasteiger partial charge in [-0.15, -0.1) is 0 Å². The average molecular weight is 540 g/mol. The summed E-state index contributed by atoms with van der Waals surface area (Å²) in [5.74, 6) is -0.763. The number of nitrogens with zero attached hydrogens (tertiary/aromatic N) is 2. The highest BCUT2D eigenvalue weighted by molar-refractivity contribution is 5.90. The van der Waals surface area contributed by atoms with Crippen LogP contribution in [0.15, 0.2) is 65.5 Å². The topological polar surface area (TPSA) is 120 Å². The first-order valence-electron chi connectivity index (χ1n) is 13.4. The van der Waals surface area contributed by atoms with E-state index in [1.54, 1.807) is 17.6 Å². The zero-order valence-corrected chi connectivity index (χ0v) is 22.3. The molecule has 40 heavy (non-hydrogen) atoms. The zero-order chi connectivity index (χ0) is 28.0. The van der Waals surface area contributed by atoms with Crippen LogP contribution in [0.1, 0.15) is 60.5 Å². The quantitative estimate of drug-likeness (QED) is 0.306. The predicted octanol–water partition coefficient (Wildman–Crippen LogP) is 4.46. The number of amides is 1. The van der Waals surface area contributed by atoms with Gasteiger partial charge in [-0.3, -0.25) is 4.79 Å². The number of rotatable bonds is 6. The minimum absolute atomic E-state index is 0.0674. The first-order valence-corrected chi connectivity index (χ1v) is 13.4. The maximum Gasteiger partial charge on any atom is 0.407 e. The number of carbonyl (C=O) groups is 2. The minimum atomic E-state index is -1.90. The molecule has 9 heteroatoms. The van der Waals surface area contributed by atoms with Crippen LogP contribution in [-0.4, -0.2) is 26.7 Å². The lowest BCUT2D eigenvalue weighted by molar-refractivity contribution is -0.172. The molecule has 2 aromatic carbocycles. The van der Waals surface area contributed by atoms with Crippen molar-refractivity contribution in [2.45, 2.75) is 58.1 Å². The van der Waals surface area contributed by atoms with Crippen LogP contribution in [-0.2, 0) is 39.6 Å². The lowest BCUT2D eigenvalue weighted by Crippen LogP contribution is -2.44. The summed E-state index contributed by atoms with van der Waals surface area (Å²) in [6.45, 7) is 3.83. The van der Waals surface area contributed by atoms with E-state index in [1.807, 2.05) is 61.5 Å². The highest BCUT2D eigenvalue weighted by atomic mass is 16.6. The Morgan fingerprint density at radius 3 is 2.62 bits per heavy atom. The first kappa shape index (κ1) is 25.8. The Bertz CT molecular complexity index is 1710. The molecule has 0 bridgehead atoms. The summed E-state index contributed by atoms with van der Waals surface area (Å²) in [6, 6.07) is 18.4. The van der Waals surface area contributed by atoms with Crippen molar-refractivity contribution in [3.8, 4) is 11.4 Å². The van der Waals surface area contributed by atoms with Crippen molar-refractivity contribution >= 4 is 23.0 Å². The van der Waals surface area contributed by atoms with Crippen LogP contribution in [0, 0.1) is 0 Å². The van der Waals surface area contributed by atoms with Crippen LogP contribution in [0.2, 0.25) is 0 Å². The summed E-state index contributed by atoms with van der Waals surface area (Å²) in [5.41, 5.74) is 2.66. The highest BCUT2D eigenvalue weighted by Crippen LogP contribution is 2.42. The molecule has 2 aromatic heterocycles. The van der Waals surface area contributed by atoms with Gasteiger partial charge in [0.1, 0.15) is 13.2 Å². The number of hydrogen-bond acceptors (Lipinski definition) is 7. The van der Waals surface area contributed by atoms with Gasteiger partial charge in [0, 0.05) is 16.5 Å². The number of para-hydroxylation sites is 1. The van der Waals surface area contributed by atoms with E-state index in [2.05, 4.69) is 5.32 Å². The number of benzene rings is 2. The third-order valence-electron chi connectivity index (χ3n) is 7.90. The van der Waals surface area contributed by atoms with Gasteiger partial charge in [0.05, 0.1) is 35.1 Å². The van der Waals surface area contributed by atoms with Crippen molar-refractivity contribution in [2.24, 2.45) is 0 Å². The summed E-state index contributed by atoms with van der Waals surface area (Å²) in [6.07, 6.45) is 0.0931. The van der Waals surface area contributed by atoms with Gasteiger partial charge >= 0.3 is 12.1 Å². The van der Waals surface area contributed by atoms with Gasteiger partial charge in [-0.05, 0) is 36.1 Å². The Morgan fingerprint density at radius 1 is 1.12 bits per heavy atom. The fourth-order valence-corrected chi connectivity index (χ4v) is 5.74. The lowest BCUT2D eigenvalue weighted by atomic mass is 9.86. The average Bonchev–Trinajstić information content (AvgIpc) is 3.35. The van der Waals surface area contributed by atoms with Crippen LogP contribution >= 0.6 is 0 Å². The number of cyclic esters (lactones) is 1. The molecule has 2 aliphatic heterocycles. The smallest absolute Gasteiger partial charge is 0.407 e. The third-order valence-corrected chi connectivity index (χ3v) is 7.90. The van der Waals surface area contributed by atoms with E-state index in [0.29, 0.717) is 23.3 Å².